The van der Waals surface area contributed by atoms with Crippen LogP contribution in [0.1, 0.15) is 34.2 Å². The monoisotopic (exact) mass is 279 g/mol. The van der Waals surface area contributed by atoms with Crippen LogP contribution in [0.2, 0.25) is 0 Å². The summed E-state index contributed by atoms with van der Waals surface area (Å²) < 4.78 is 0. The summed E-state index contributed by atoms with van der Waals surface area (Å²) in [5.41, 5.74) is 0.00185. The van der Waals surface area contributed by atoms with E-state index in [1.54, 1.807) is 0 Å². The molecule has 0 unspecified atom stereocenters. The molecule has 0 bridgehead atoms. The summed E-state index contributed by atoms with van der Waals surface area (Å²) in [4.78, 5) is 39.6. The van der Waals surface area contributed by atoms with Gasteiger partial charge < -0.3 is 15.3 Å². The molecule has 0 aromatic carbocycles. The molecular weight excluding hydrogens is 262 g/mol. The predicted molar refractivity (Wildman–Crippen MR) is 71.5 cm³/mol. The fourth-order valence-electron chi connectivity index (χ4n) is 1.64. The summed E-state index contributed by atoms with van der Waals surface area (Å²) in [6, 6.07) is 2.64. The van der Waals surface area contributed by atoms with E-state index in [2.05, 4.69) is 10.3 Å². The Hall–Kier alpha value is -2.44. The van der Waals surface area contributed by atoms with Crippen LogP contribution in [0.25, 0.3) is 0 Å². The van der Waals surface area contributed by atoms with Crippen molar-refractivity contribution in [2.75, 3.05) is 20.1 Å². The van der Waals surface area contributed by atoms with Gasteiger partial charge in [0.25, 0.3) is 5.91 Å². The number of carbonyl (C=O) groups excluding carboxylic acids is 2. The molecule has 0 saturated heterocycles. The Balaban J connectivity index is 2.96. The number of carboxylic acids is 1. The average Bonchev–Trinajstić information content (AvgIpc) is 2.45. The molecule has 7 nitrogen and oxygen atoms in total. The number of hydrogen-bond acceptors (Lipinski definition) is 4. The van der Waals surface area contributed by atoms with Crippen molar-refractivity contribution in [2.45, 2.75) is 13.3 Å². The normalized spacial score (nSPS) is 9.90. The molecule has 2 N–H and O–H groups in total. The number of carboxylic acid groups (broad SMARTS) is 1. The van der Waals surface area contributed by atoms with Crippen LogP contribution in [0.5, 0.6) is 0 Å². The summed E-state index contributed by atoms with van der Waals surface area (Å²) in [6.07, 6.45) is 1.96. The molecule has 0 aliphatic rings. The lowest BCUT2D eigenvalue weighted by atomic mass is 10.2. The minimum absolute atomic E-state index is 0.0616. The van der Waals surface area contributed by atoms with Crippen molar-refractivity contribution in [1.29, 1.82) is 0 Å². The van der Waals surface area contributed by atoms with Gasteiger partial charge in [-0.15, -0.1) is 0 Å². The summed E-state index contributed by atoms with van der Waals surface area (Å²) in [7, 11) is 1.49. The van der Waals surface area contributed by atoms with E-state index in [1.807, 2.05) is 6.92 Å². The lowest BCUT2D eigenvalue weighted by Crippen LogP contribution is -2.40. The minimum atomic E-state index is -1.20. The maximum atomic E-state index is 12.3. The highest BCUT2D eigenvalue weighted by atomic mass is 16.4. The molecule has 108 valence electrons. The van der Waals surface area contributed by atoms with Crippen LogP contribution in [-0.4, -0.2) is 52.9 Å². The number of carbonyl (C=O) groups is 3. The zero-order chi connectivity index (χ0) is 15.1. The molecule has 1 rings (SSSR count). The maximum Gasteiger partial charge on any atom is 0.354 e. The van der Waals surface area contributed by atoms with Crippen LogP contribution < -0.4 is 5.32 Å². The van der Waals surface area contributed by atoms with Gasteiger partial charge in [-0.3, -0.25) is 9.59 Å². The third-order valence-electron chi connectivity index (χ3n) is 2.62. The largest absolute Gasteiger partial charge is 0.477 e. The van der Waals surface area contributed by atoms with Crippen LogP contribution >= 0.6 is 0 Å². The first kappa shape index (κ1) is 15.6. The molecule has 0 aliphatic carbocycles. The molecule has 1 aromatic heterocycles. The molecule has 0 radical (unpaired) electrons. The van der Waals surface area contributed by atoms with Gasteiger partial charge in [0.05, 0.1) is 6.54 Å². The van der Waals surface area contributed by atoms with E-state index in [9.17, 15) is 14.4 Å². The molecule has 0 atom stereocenters. The van der Waals surface area contributed by atoms with Crippen LogP contribution in [0, 0.1) is 0 Å². The smallest absolute Gasteiger partial charge is 0.354 e. The van der Waals surface area contributed by atoms with Crippen molar-refractivity contribution in [3.63, 3.8) is 0 Å². The summed E-state index contributed by atoms with van der Waals surface area (Å²) in [5, 5.41) is 11.3. The van der Waals surface area contributed by atoms with Crippen LogP contribution in [-0.2, 0) is 4.79 Å². The third kappa shape index (κ3) is 4.04. The lowest BCUT2D eigenvalue weighted by molar-refractivity contribution is -0.121. The van der Waals surface area contributed by atoms with Crippen LogP contribution in [0.4, 0.5) is 0 Å². The molecule has 0 saturated carbocycles. The average molecular weight is 279 g/mol. The zero-order valence-corrected chi connectivity index (χ0v) is 11.4. The fourth-order valence-corrected chi connectivity index (χ4v) is 1.64. The van der Waals surface area contributed by atoms with Gasteiger partial charge in [-0.05, 0) is 18.6 Å². The molecule has 1 aromatic rings. The van der Waals surface area contributed by atoms with Crippen molar-refractivity contribution in [3.8, 4) is 0 Å². The first-order valence-electron chi connectivity index (χ1n) is 6.18. The Bertz CT molecular complexity index is 516. The van der Waals surface area contributed by atoms with Crippen molar-refractivity contribution in [3.05, 3.63) is 29.6 Å². The minimum Gasteiger partial charge on any atom is -0.477 e. The van der Waals surface area contributed by atoms with Crippen molar-refractivity contribution < 1.29 is 19.5 Å². The number of aromatic nitrogens is 1. The Morgan fingerprint density at radius 2 is 2.10 bits per heavy atom. The van der Waals surface area contributed by atoms with E-state index >= 15 is 0 Å². The molecule has 7 heteroatoms. The standard InChI is InChI=1S/C13H17N3O4/c1-3-6-16(8-11(17)14-2)12(18)9-4-5-15-10(7-9)13(19)20/h4-5,7H,3,6,8H2,1-2H3,(H,14,17)(H,19,20). The second-order valence-corrected chi connectivity index (χ2v) is 4.13. The Labute approximate surface area is 116 Å². The molecule has 1 heterocycles. The summed E-state index contributed by atoms with van der Waals surface area (Å²) in [5.74, 6) is -1.87. The fraction of sp³-hybridized carbons (Fsp3) is 0.385. The Morgan fingerprint density at radius 1 is 1.40 bits per heavy atom. The van der Waals surface area contributed by atoms with Crippen molar-refractivity contribution in [2.24, 2.45) is 0 Å². The third-order valence-corrected chi connectivity index (χ3v) is 2.62. The van der Waals surface area contributed by atoms with Gasteiger partial charge in [0, 0.05) is 25.4 Å². The molecule has 2 amide bonds. The maximum absolute atomic E-state index is 12.3. The van der Waals surface area contributed by atoms with Gasteiger partial charge >= 0.3 is 5.97 Å². The molecular formula is C13H17N3O4. The van der Waals surface area contributed by atoms with Gasteiger partial charge in [-0.25, -0.2) is 9.78 Å². The molecule has 0 aliphatic heterocycles. The van der Waals surface area contributed by atoms with Crippen LogP contribution in [0.15, 0.2) is 18.3 Å². The van der Waals surface area contributed by atoms with E-state index in [1.165, 1.54) is 30.3 Å². The van der Waals surface area contributed by atoms with E-state index in [0.717, 1.165) is 0 Å². The van der Waals surface area contributed by atoms with Gasteiger partial charge in [-0.2, -0.15) is 0 Å². The second-order valence-electron chi connectivity index (χ2n) is 4.13. The quantitative estimate of drug-likeness (QED) is 0.784. The highest BCUT2D eigenvalue weighted by molar-refractivity contribution is 5.98. The number of nitrogens with one attached hydrogen (secondary N) is 1. The van der Waals surface area contributed by atoms with E-state index in [0.29, 0.717) is 13.0 Å². The van der Waals surface area contributed by atoms with Crippen molar-refractivity contribution in [1.82, 2.24) is 15.2 Å². The SMILES string of the molecule is CCCN(CC(=O)NC)C(=O)c1ccnc(C(=O)O)c1. The number of pyridine rings is 1. The number of hydrogen-bond donors (Lipinski definition) is 2. The first-order valence-corrected chi connectivity index (χ1v) is 6.18. The van der Waals surface area contributed by atoms with E-state index < -0.39 is 5.97 Å². The van der Waals surface area contributed by atoms with Gasteiger partial charge in [0.1, 0.15) is 5.69 Å². The number of rotatable bonds is 6. The highest BCUT2D eigenvalue weighted by Gasteiger charge is 2.19. The lowest BCUT2D eigenvalue weighted by Gasteiger charge is -2.21. The Kier molecular flexibility index (Phi) is 5.64. The van der Waals surface area contributed by atoms with E-state index in [4.69, 9.17) is 5.11 Å². The topological polar surface area (TPSA) is 99.6 Å². The second kappa shape index (κ2) is 7.22. The van der Waals surface area contributed by atoms with Gasteiger partial charge in [0.15, 0.2) is 0 Å². The van der Waals surface area contributed by atoms with E-state index in [-0.39, 0.29) is 29.6 Å². The van der Waals surface area contributed by atoms with Crippen molar-refractivity contribution >= 4 is 17.8 Å². The summed E-state index contributed by atoms with van der Waals surface area (Å²) >= 11 is 0. The predicted octanol–water partition coefficient (Wildman–Crippen LogP) is 0.378. The number of amides is 2. The Morgan fingerprint density at radius 3 is 2.65 bits per heavy atom. The number of likely N-dealkylation sites (N-methyl/N-ethyl adjacent to an activating group) is 1. The molecule has 0 spiro atoms. The number of nitrogens with zero attached hydrogens (tertiary/aromatic N) is 2. The summed E-state index contributed by atoms with van der Waals surface area (Å²) in [6.45, 7) is 2.24. The first-order chi connectivity index (χ1) is 9.49. The number of aromatic carboxylic acids is 1. The zero-order valence-electron chi connectivity index (χ0n) is 11.4. The van der Waals surface area contributed by atoms with Crippen LogP contribution in [0.3, 0.4) is 0 Å². The molecule has 20 heavy (non-hydrogen) atoms. The highest BCUT2D eigenvalue weighted by Crippen LogP contribution is 2.07. The van der Waals surface area contributed by atoms with Gasteiger partial charge in [0.2, 0.25) is 5.91 Å². The molecule has 0 fully saturated rings. The van der Waals surface area contributed by atoms with Gasteiger partial charge in [-0.1, -0.05) is 6.92 Å².